The number of nitrogens with zero attached hydrogens (tertiary/aromatic N) is 1. The molecule has 6 nitrogen and oxygen atoms in total. The van der Waals surface area contributed by atoms with Crippen LogP contribution < -0.4 is 5.14 Å². The third-order valence-electron chi connectivity index (χ3n) is 5.09. The monoisotopic (exact) mass is 398 g/mol. The van der Waals surface area contributed by atoms with Crippen molar-refractivity contribution < 1.29 is 18.0 Å². The van der Waals surface area contributed by atoms with Crippen LogP contribution in [0.25, 0.3) is 0 Å². The van der Waals surface area contributed by atoms with E-state index in [9.17, 15) is 18.0 Å². The Balaban J connectivity index is 1.97. The van der Waals surface area contributed by atoms with Crippen LogP contribution in [0.4, 0.5) is 0 Å². The number of sulfonamides is 1. The van der Waals surface area contributed by atoms with E-state index in [0.717, 1.165) is 24.0 Å². The lowest BCUT2D eigenvalue weighted by Gasteiger charge is -2.18. The predicted molar refractivity (Wildman–Crippen MR) is 106 cm³/mol. The molecule has 1 aromatic carbocycles. The van der Waals surface area contributed by atoms with Crippen molar-refractivity contribution >= 4 is 21.6 Å². The van der Waals surface area contributed by atoms with Crippen molar-refractivity contribution in [2.75, 3.05) is 0 Å². The highest BCUT2D eigenvalue weighted by Crippen LogP contribution is 2.29. The SMILES string of the molecule is CCC(CC)c1cncc(CC2=CC(=O)c3c(cccc3S(N)(=O)=O)C2=O)c1. The largest absolute Gasteiger partial charge is 0.289 e. The average molecular weight is 398 g/mol. The second kappa shape index (κ2) is 7.77. The Morgan fingerprint density at radius 2 is 1.82 bits per heavy atom. The van der Waals surface area contributed by atoms with Gasteiger partial charge in [-0.05, 0) is 42.0 Å². The summed E-state index contributed by atoms with van der Waals surface area (Å²) in [4.78, 5) is 29.5. The second-order valence-electron chi connectivity index (χ2n) is 6.90. The van der Waals surface area contributed by atoms with Gasteiger partial charge in [-0.25, -0.2) is 13.6 Å². The highest BCUT2D eigenvalue weighted by molar-refractivity contribution is 7.89. The third kappa shape index (κ3) is 3.81. The maximum absolute atomic E-state index is 12.9. The molecule has 0 radical (unpaired) electrons. The van der Waals surface area contributed by atoms with E-state index in [1.807, 2.05) is 12.3 Å². The molecule has 0 spiro atoms. The Morgan fingerprint density at radius 1 is 1.11 bits per heavy atom. The third-order valence-corrected chi connectivity index (χ3v) is 6.04. The number of primary sulfonamides is 1. The number of hydrogen-bond donors (Lipinski definition) is 1. The van der Waals surface area contributed by atoms with Crippen LogP contribution in [-0.2, 0) is 16.4 Å². The summed E-state index contributed by atoms with van der Waals surface area (Å²) in [6, 6.07) is 6.12. The summed E-state index contributed by atoms with van der Waals surface area (Å²) in [5.41, 5.74) is 2.17. The molecular formula is C21H22N2O4S. The average Bonchev–Trinajstić information content (AvgIpc) is 2.66. The minimum Gasteiger partial charge on any atom is -0.289 e. The van der Waals surface area contributed by atoms with Crippen molar-refractivity contribution in [1.82, 2.24) is 4.98 Å². The molecule has 2 N–H and O–H groups in total. The van der Waals surface area contributed by atoms with E-state index in [1.165, 1.54) is 24.3 Å². The number of hydrogen-bond acceptors (Lipinski definition) is 5. The number of carbonyl (C=O) groups is 2. The van der Waals surface area contributed by atoms with Crippen molar-refractivity contribution in [1.29, 1.82) is 0 Å². The van der Waals surface area contributed by atoms with Crippen LogP contribution in [0, 0.1) is 0 Å². The van der Waals surface area contributed by atoms with Crippen LogP contribution in [0.5, 0.6) is 0 Å². The van der Waals surface area contributed by atoms with E-state index in [4.69, 9.17) is 5.14 Å². The highest BCUT2D eigenvalue weighted by atomic mass is 32.2. The molecule has 0 aliphatic heterocycles. The van der Waals surface area contributed by atoms with Crippen LogP contribution in [0.2, 0.25) is 0 Å². The zero-order chi connectivity index (χ0) is 20.5. The maximum atomic E-state index is 12.9. The van der Waals surface area contributed by atoms with E-state index in [-0.39, 0.29) is 28.2 Å². The molecule has 0 saturated heterocycles. The zero-order valence-electron chi connectivity index (χ0n) is 15.8. The van der Waals surface area contributed by atoms with Gasteiger partial charge in [-0.3, -0.25) is 14.6 Å². The minimum atomic E-state index is -4.11. The lowest BCUT2D eigenvalue weighted by molar-refractivity contribution is 0.0980. The Kier molecular flexibility index (Phi) is 5.58. The number of Topliss-reactive ketones (excluding diaryl/α,β-unsaturated/α-hetero) is 1. The summed E-state index contributed by atoms with van der Waals surface area (Å²) < 4.78 is 23.5. The van der Waals surface area contributed by atoms with Crippen LogP contribution in [0.3, 0.4) is 0 Å². The van der Waals surface area contributed by atoms with Crippen molar-refractivity contribution in [2.45, 2.75) is 43.9 Å². The first-order chi connectivity index (χ1) is 13.3. The van der Waals surface area contributed by atoms with Gasteiger partial charge in [0.05, 0.1) is 10.5 Å². The molecule has 3 rings (SSSR count). The smallest absolute Gasteiger partial charge is 0.238 e. The fraction of sp³-hybridized carbons (Fsp3) is 0.286. The lowest BCUT2D eigenvalue weighted by Crippen LogP contribution is -2.23. The van der Waals surface area contributed by atoms with Gasteiger partial charge in [-0.1, -0.05) is 32.0 Å². The number of aromatic nitrogens is 1. The van der Waals surface area contributed by atoms with Crippen molar-refractivity contribution in [2.24, 2.45) is 5.14 Å². The van der Waals surface area contributed by atoms with Gasteiger partial charge in [0.2, 0.25) is 10.0 Å². The van der Waals surface area contributed by atoms with Gasteiger partial charge in [-0.15, -0.1) is 0 Å². The molecule has 0 unspecified atom stereocenters. The number of rotatable bonds is 6. The number of allylic oxidation sites excluding steroid dienone is 2. The van der Waals surface area contributed by atoms with E-state index >= 15 is 0 Å². The fourth-order valence-corrected chi connectivity index (χ4v) is 4.38. The molecule has 1 heterocycles. The number of benzene rings is 1. The minimum absolute atomic E-state index is 0.0677. The van der Waals surface area contributed by atoms with Crippen LogP contribution in [0.15, 0.2) is 53.2 Å². The van der Waals surface area contributed by atoms with Crippen LogP contribution in [0.1, 0.15) is 64.4 Å². The van der Waals surface area contributed by atoms with Crippen molar-refractivity contribution in [3.05, 3.63) is 70.6 Å². The van der Waals surface area contributed by atoms with Crippen molar-refractivity contribution in [3.8, 4) is 0 Å². The number of ketones is 2. The Labute approximate surface area is 164 Å². The molecule has 0 bridgehead atoms. The van der Waals surface area contributed by atoms with Gasteiger partial charge < -0.3 is 0 Å². The van der Waals surface area contributed by atoms with Crippen molar-refractivity contribution in [3.63, 3.8) is 0 Å². The molecule has 0 atom stereocenters. The van der Waals surface area contributed by atoms with Gasteiger partial charge in [0.15, 0.2) is 11.6 Å². The maximum Gasteiger partial charge on any atom is 0.238 e. The zero-order valence-corrected chi connectivity index (χ0v) is 16.6. The van der Waals surface area contributed by atoms with Gasteiger partial charge in [0.1, 0.15) is 0 Å². The van der Waals surface area contributed by atoms with E-state index < -0.39 is 15.8 Å². The normalized spacial score (nSPS) is 14.2. The summed E-state index contributed by atoms with van der Waals surface area (Å²) in [6.45, 7) is 4.24. The lowest BCUT2D eigenvalue weighted by atomic mass is 9.86. The summed E-state index contributed by atoms with van der Waals surface area (Å²) in [5, 5.41) is 5.20. The predicted octanol–water partition coefficient (Wildman–Crippen LogP) is 3.18. The molecule has 146 valence electrons. The number of nitrogens with two attached hydrogens (primary N) is 1. The summed E-state index contributed by atoms with van der Waals surface area (Å²) in [7, 11) is -4.11. The van der Waals surface area contributed by atoms with Gasteiger partial charge in [0, 0.05) is 30.0 Å². The molecule has 28 heavy (non-hydrogen) atoms. The molecule has 0 fully saturated rings. The second-order valence-corrected chi connectivity index (χ2v) is 8.43. The molecule has 1 aliphatic carbocycles. The first-order valence-electron chi connectivity index (χ1n) is 9.15. The fourth-order valence-electron chi connectivity index (χ4n) is 3.62. The number of pyridine rings is 1. The number of fused-ring (bicyclic) bond motifs is 1. The molecule has 0 amide bonds. The van der Waals surface area contributed by atoms with Crippen LogP contribution >= 0.6 is 0 Å². The molecule has 0 saturated carbocycles. The number of carbonyl (C=O) groups excluding carboxylic acids is 2. The first kappa shape index (κ1) is 20.1. The summed E-state index contributed by atoms with van der Waals surface area (Å²) in [5.74, 6) is -0.505. The van der Waals surface area contributed by atoms with Gasteiger partial charge in [0.25, 0.3) is 0 Å². The Morgan fingerprint density at radius 3 is 2.46 bits per heavy atom. The van der Waals surface area contributed by atoms with Crippen LogP contribution in [-0.4, -0.2) is 25.0 Å². The summed E-state index contributed by atoms with van der Waals surface area (Å²) >= 11 is 0. The molecule has 1 aromatic heterocycles. The summed E-state index contributed by atoms with van der Waals surface area (Å²) in [6.07, 6.45) is 6.96. The topological polar surface area (TPSA) is 107 Å². The Hall–Kier alpha value is -2.64. The molecule has 7 heteroatoms. The molecule has 2 aromatic rings. The standard InChI is InChI=1S/C21H22N2O4S/c1-3-14(4-2)16-9-13(11-23-12-16)8-15-10-18(24)20-17(21(15)25)6-5-7-19(20)28(22,26)27/h5-7,9-12,14H,3-4,8H2,1-2H3,(H2,22,26,27). The quantitative estimate of drug-likeness (QED) is 0.804. The van der Waals surface area contributed by atoms with Gasteiger partial charge >= 0.3 is 0 Å². The Bertz CT molecular complexity index is 1080. The highest BCUT2D eigenvalue weighted by Gasteiger charge is 2.30. The van der Waals surface area contributed by atoms with E-state index in [2.05, 4.69) is 18.8 Å². The first-order valence-corrected chi connectivity index (χ1v) is 10.7. The van der Waals surface area contributed by atoms with E-state index in [1.54, 1.807) is 6.20 Å². The molecule has 1 aliphatic rings. The van der Waals surface area contributed by atoms with Gasteiger partial charge in [-0.2, -0.15) is 0 Å². The van der Waals surface area contributed by atoms with E-state index in [0.29, 0.717) is 11.5 Å². The molecular weight excluding hydrogens is 376 g/mol.